The van der Waals surface area contributed by atoms with Crippen LogP contribution >= 0.6 is 0 Å². The number of nitrogens with zero attached hydrogens (tertiary/aromatic N) is 2. The van der Waals surface area contributed by atoms with Crippen LogP contribution in [0.1, 0.15) is 79.1 Å². The molecule has 162 valence electrons. The highest BCUT2D eigenvalue weighted by Crippen LogP contribution is 2.16. The number of unbranched alkanes of at least 4 members (excludes halogenated alkanes) is 4. The molecule has 1 rings (SSSR count). The van der Waals surface area contributed by atoms with E-state index in [-0.39, 0.29) is 10.8 Å². The molecule has 27 heavy (non-hydrogen) atoms. The molecule has 0 aliphatic carbocycles. The van der Waals surface area contributed by atoms with Crippen molar-refractivity contribution in [3.8, 4) is 0 Å². The Bertz CT molecular complexity index is 474. The van der Waals surface area contributed by atoms with Gasteiger partial charge in [0.2, 0.25) is 0 Å². The molecule has 0 bridgehead atoms. The van der Waals surface area contributed by atoms with Crippen LogP contribution in [0.15, 0.2) is 0 Å². The van der Waals surface area contributed by atoms with Crippen LogP contribution in [0.4, 0.5) is 0 Å². The molecule has 0 aromatic rings. The fraction of sp³-hybridized carbons (Fsp3) is 0.947. The Balaban J connectivity index is 0.000000569. The van der Waals surface area contributed by atoms with Crippen LogP contribution in [0.2, 0.25) is 0 Å². The van der Waals surface area contributed by atoms with E-state index in [9.17, 15) is 17.8 Å². The normalized spacial score (nSPS) is 17.3. The first-order valence-corrected chi connectivity index (χ1v) is 11.9. The molecular formula is C19H41N3O4S. The molecule has 0 spiro atoms. The standard InChI is InChI=1S/C16H36N.C3H6N2O4S/c1-5-9-13-17(14-10-6-2,15-11-7-3)16-12-8-4;4-2-1-5(3(2)6)10(7,8)9/h5-16H2,1-4H3;2H,1,4H2,(H,7,8,9)/q+1;/p-1. The highest BCUT2D eigenvalue weighted by molar-refractivity contribution is 7.84. The summed E-state index contributed by atoms with van der Waals surface area (Å²) in [5, 5.41) is 0. The average molecular weight is 408 g/mol. The van der Waals surface area contributed by atoms with Crippen molar-refractivity contribution < 1.29 is 22.2 Å². The molecule has 1 amide bonds. The molecule has 0 aromatic carbocycles. The molecule has 0 radical (unpaired) electrons. The van der Waals surface area contributed by atoms with Gasteiger partial charge >= 0.3 is 0 Å². The summed E-state index contributed by atoms with van der Waals surface area (Å²) in [6.07, 6.45) is 11.1. The van der Waals surface area contributed by atoms with Gasteiger partial charge in [0.1, 0.15) is 6.04 Å². The molecule has 7 nitrogen and oxygen atoms in total. The van der Waals surface area contributed by atoms with Crippen molar-refractivity contribution in [3.05, 3.63) is 0 Å². The monoisotopic (exact) mass is 407 g/mol. The molecule has 1 aliphatic rings. The van der Waals surface area contributed by atoms with Gasteiger partial charge in [0.25, 0.3) is 5.91 Å². The van der Waals surface area contributed by atoms with Crippen molar-refractivity contribution in [2.45, 2.75) is 85.1 Å². The van der Waals surface area contributed by atoms with Gasteiger partial charge in [0, 0.05) is 0 Å². The van der Waals surface area contributed by atoms with E-state index in [0.29, 0.717) is 0 Å². The number of carbonyl (C=O) groups excluding carboxylic acids is 1. The number of hydrogen-bond acceptors (Lipinski definition) is 5. The third-order valence-corrected chi connectivity index (χ3v) is 6.01. The quantitative estimate of drug-likeness (QED) is 0.287. The summed E-state index contributed by atoms with van der Waals surface area (Å²) in [5.74, 6) is -0.824. The van der Waals surface area contributed by atoms with Gasteiger partial charge in [-0.25, -0.2) is 12.7 Å². The Morgan fingerprint density at radius 3 is 1.41 bits per heavy atom. The summed E-state index contributed by atoms with van der Waals surface area (Å²) < 4.78 is 31.8. The lowest BCUT2D eigenvalue weighted by Crippen LogP contribution is -2.62. The average Bonchev–Trinajstić information content (AvgIpc) is 2.64. The Labute approximate surface area is 166 Å². The zero-order chi connectivity index (χ0) is 20.9. The molecule has 0 saturated carbocycles. The Hall–Kier alpha value is -0.700. The minimum atomic E-state index is -4.59. The van der Waals surface area contributed by atoms with E-state index < -0.39 is 22.3 Å². The second-order valence-electron chi connectivity index (χ2n) is 7.58. The van der Waals surface area contributed by atoms with E-state index in [1.54, 1.807) is 0 Å². The predicted molar refractivity (Wildman–Crippen MR) is 109 cm³/mol. The SMILES string of the molecule is CCCC[N+](CCCC)(CCCC)CCCC.NC1CN(S(=O)(=O)[O-])C1=O. The molecule has 2 N–H and O–H groups in total. The van der Waals surface area contributed by atoms with Crippen LogP contribution in [0, 0.1) is 0 Å². The van der Waals surface area contributed by atoms with Gasteiger partial charge in [-0.1, -0.05) is 53.4 Å². The molecule has 1 heterocycles. The highest BCUT2D eigenvalue weighted by Gasteiger charge is 2.37. The van der Waals surface area contributed by atoms with Crippen molar-refractivity contribution in [2.24, 2.45) is 5.73 Å². The number of β-lactam (4-membered cyclic amide) rings is 1. The van der Waals surface area contributed by atoms with E-state index in [1.807, 2.05) is 0 Å². The van der Waals surface area contributed by atoms with E-state index in [0.717, 1.165) is 0 Å². The number of rotatable bonds is 13. The fourth-order valence-electron chi connectivity index (χ4n) is 3.27. The second-order valence-corrected chi connectivity index (χ2v) is 8.88. The van der Waals surface area contributed by atoms with E-state index in [2.05, 4.69) is 27.7 Å². The maximum atomic E-state index is 10.4. The van der Waals surface area contributed by atoms with Crippen LogP contribution in [0.25, 0.3) is 0 Å². The van der Waals surface area contributed by atoms with E-state index >= 15 is 0 Å². The summed E-state index contributed by atoms with van der Waals surface area (Å²) in [5.41, 5.74) is 5.01. The van der Waals surface area contributed by atoms with E-state index in [1.165, 1.54) is 82.0 Å². The lowest BCUT2D eigenvalue weighted by Gasteiger charge is -2.39. The van der Waals surface area contributed by atoms with Crippen molar-refractivity contribution >= 4 is 16.2 Å². The van der Waals surface area contributed by atoms with Crippen LogP contribution in [-0.4, -0.2) is 66.4 Å². The zero-order valence-corrected chi connectivity index (χ0v) is 18.6. The topological polar surface area (TPSA) is 104 Å². The van der Waals surface area contributed by atoms with Gasteiger partial charge in [-0.15, -0.1) is 0 Å². The predicted octanol–water partition coefficient (Wildman–Crippen LogP) is 2.62. The lowest BCUT2D eigenvalue weighted by atomic mass is 10.1. The molecule has 1 saturated heterocycles. The van der Waals surface area contributed by atoms with Crippen molar-refractivity contribution in [1.29, 1.82) is 0 Å². The van der Waals surface area contributed by atoms with Crippen molar-refractivity contribution in [2.75, 3.05) is 32.7 Å². The summed E-state index contributed by atoms with van der Waals surface area (Å²) in [6, 6.07) is -0.816. The first-order chi connectivity index (χ1) is 12.7. The van der Waals surface area contributed by atoms with Crippen LogP contribution < -0.4 is 5.73 Å². The molecule has 1 aliphatic heterocycles. The van der Waals surface area contributed by atoms with Crippen LogP contribution in [0.5, 0.6) is 0 Å². The number of carbonyl (C=O) groups is 1. The Morgan fingerprint density at radius 1 is 0.926 bits per heavy atom. The largest absolute Gasteiger partial charge is 0.731 e. The Kier molecular flexibility index (Phi) is 13.1. The minimum Gasteiger partial charge on any atom is -0.731 e. The smallest absolute Gasteiger partial charge is 0.254 e. The second kappa shape index (κ2) is 13.5. The van der Waals surface area contributed by atoms with Gasteiger partial charge in [-0.3, -0.25) is 4.79 Å². The number of quaternary nitrogens is 1. The van der Waals surface area contributed by atoms with Crippen LogP contribution in [-0.2, 0) is 15.1 Å². The van der Waals surface area contributed by atoms with E-state index in [4.69, 9.17) is 5.73 Å². The first-order valence-electron chi connectivity index (χ1n) is 10.6. The van der Waals surface area contributed by atoms with Crippen molar-refractivity contribution in [1.82, 2.24) is 4.31 Å². The third-order valence-electron chi connectivity index (χ3n) is 5.14. The number of hydrogen-bond donors (Lipinski definition) is 1. The lowest BCUT2D eigenvalue weighted by molar-refractivity contribution is -0.929. The van der Waals surface area contributed by atoms with Gasteiger partial charge in [0.05, 0.1) is 32.7 Å². The molecule has 1 unspecified atom stereocenters. The number of amides is 1. The summed E-state index contributed by atoms with van der Waals surface area (Å²) >= 11 is 0. The van der Waals surface area contributed by atoms with Gasteiger partial charge < -0.3 is 14.8 Å². The molecule has 8 heteroatoms. The maximum Gasteiger partial charge on any atom is 0.254 e. The molecule has 1 atom stereocenters. The third kappa shape index (κ3) is 9.87. The molecule has 1 fully saturated rings. The van der Waals surface area contributed by atoms with Gasteiger partial charge in [0.15, 0.2) is 10.3 Å². The fourth-order valence-corrected chi connectivity index (χ4v) is 3.96. The Morgan fingerprint density at radius 2 is 1.26 bits per heavy atom. The van der Waals surface area contributed by atoms with Gasteiger partial charge in [-0.2, -0.15) is 0 Å². The van der Waals surface area contributed by atoms with Crippen molar-refractivity contribution in [3.63, 3.8) is 0 Å². The van der Waals surface area contributed by atoms with Gasteiger partial charge in [-0.05, 0) is 25.7 Å². The maximum absolute atomic E-state index is 10.4. The molecular weight excluding hydrogens is 366 g/mol. The van der Waals surface area contributed by atoms with Crippen LogP contribution in [0.3, 0.4) is 0 Å². The zero-order valence-electron chi connectivity index (χ0n) is 17.8. The summed E-state index contributed by atoms with van der Waals surface area (Å²) in [7, 11) is -4.59. The molecule has 0 aromatic heterocycles. The minimum absolute atomic E-state index is 0.190. The number of nitrogens with two attached hydrogens (primary N) is 1. The first kappa shape index (κ1) is 26.3. The summed E-state index contributed by atoms with van der Waals surface area (Å²) in [6.45, 7) is 14.8. The summed E-state index contributed by atoms with van der Waals surface area (Å²) in [4.78, 5) is 10.4. The highest BCUT2D eigenvalue weighted by atomic mass is 32.2.